The van der Waals surface area contributed by atoms with E-state index >= 15 is 0 Å². The summed E-state index contributed by atoms with van der Waals surface area (Å²) in [4.78, 5) is 0.493. The summed E-state index contributed by atoms with van der Waals surface area (Å²) in [5, 5.41) is 3.30. The summed E-state index contributed by atoms with van der Waals surface area (Å²) >= 11 is 0. The van der Waals surface area contributed by atoms with Gasteiger partial charge >= 0.3 is 0 Å². The summed E-state index contributed by atoms with van der Waals surface area (Å²) in [6.07, 6.45) is 6.63. The quantitative estimate of drug-likeness (QED) is 0.930. The van der Waals surface area contributed by atoms with Crippen molar-refractivity contribution in [1.29, 1.82) is 0 Å². The van der Waals surface area contributed by atoms with E-state index in [1.165, 1.54) is 12.8 Å². The molecule has 0 aromatic heterocycles. The standard InChI is InChI=1S/C16H24N2O2S/c1-18(12-13-6-2-3-7-13)21(19,20)16-10-4-9-15-14(16)8-5-11-17-15/h4,9-10,13,17H,2-3,5-8,11-12H2,1H3. The number of hydrogen-bond acceptors (Lipinski definition) is 3. The molecule has 5 heteroatoms. The maximum absolute atomic E-state index is 12.9. The smallest absolute Gasteiger partial charge is 0.243 e. The number of benzene rings is 1. The molecule has 21 heavy (non-hydrogen) atoms. The number of fused-ring (bicyclic) bond motifs is 1. The Morgan fingerprint density at radius 1 is 1.24 bits per heavy atom. The van der Waals surface area contributed by atoms with Gasteiger partial charge in [-0.1, -0.05) is 18.9 Å². The topological polar surface area (TPSA) is 49.4 Å². The van der Waals surface area contributed by atoms with Gasteiger partial charge in [-0.2, -0.15) is 0 Å². The van der Waals surface area contributed by atoms with Crippen LogP contribution >= 0.6 is 0 Å². The van der Waals surface area contributed by atoms with Crippen molar-refractivity contribution in [2.24, 2.45) is 5.92 Å². The van der Waals surface area contributed by atoms with Crippen LogP contribution in [0.2, 0.25) is 0 Å². The third kappa shape index (κ3) is 2.94. The van der Waals surface area contributed by atoms with Crippen molar-refractivity contribution in [3.8, 4) is 0 Å². The zero-order chi connectivity index (χ0) is 14.9. The van der Waals surface area contributed by atoms with Crippen molar-refractivity contribution in [3.05, 3.63) is 23.8 Å². The van der Waals surface area contributed by atoms with Crippen molar-refractivity contribution in [2.45, 2.75) is 43.4 Å². The van der Waals surface area contributed by atoms with Crippen LogP contribution in [0.3, 0.4) is 0 Å². The van der Waals surface area contributed by atoms with Crippen LogP contribution in [0.15, 0.2) is 23.1 Å². The first kappa shape index (κ1) is 14.9. The molecule has 3 rings (SSSR count). The lowest BCUT2D eigenvalue weighted by Crippen LogP contribution is -2.32. The lowest BCUT2D eigenvalue weighted by atomic mass is 10.0. The SMILES string of the molecule is CN(CC1CCCC1)S(=O)(=O)c1cccc2c1CCCN2. The van der Waals surface area contributed by atoms with Gasteiger partial charge in [0, 0.05) is 25.8 Å². The molecule has 1 aliphatic heterocycles. The van der Waals surface area contributed by atoms with E-state index in [4.69, 9.17) is 0 Å². The minimum atomic E-state index is -3.37. The Bertz CT molecular complexity index is 607. The highest BCUT2D eigenvalue weighted by atomic mass is 32.2. The van der Waals surface area contributed by atoms with E-state index in [0.717, 1.165) is 43.5 Å². The van der Waals surface area contributed by atoms with Gasteiger partial charge in [-0.3, -0.25) is 0 Å². The lowest BCUT2D eigenvalue weighted by molar-refractivity contribution is 0.387. The van der Waals surface area contributed by atoms with Gasteiger partial charge in [-0.25, -0.2) is 12.7 Å². The summed E-state index contributed by atoms with van der Waals surface area (Å²) in [5.41, 5.74) is 1.94. The van der Waals surface area contributed by atoms with Crippen molar-refractivity contribution < 1.29 is 8.42 Å². The first-order chi connectivity index (χ1) is 10.1. The molecule has 0 spiro atoms. The Morgan fingerprint density at radius 2 is 2.00 bits per heavy atom. The van der Waals surface area contributed by atoms with E-state index < -0.39 is 10.0 Å². The maximum atomic E-state index is 12.9. The first-order valence-electron chi connectivity index (χ1n) is 7.91. The zero-order valence-electron chi connectivity index (χ0n) is 12.6. The fourth-order valence-corrected chi connectivity index (χ4v) is 5.06. The molecule has 0 radical (unpaired) electrons. The number of hydrogen-bond donors (Lipinski definition) is 1. The normalized spacial score (nSPS) is 19.5. The van der Waals surface area contributed by atoms with E-state index in [1.54, 1.807) is 17.4 Å². The minimum absolute atomic E-state index is 0.493. The molecule has 0 atom stereocenters. The van der Waals surface area contributed by atoms with Crippen molar-refractivity contribution in [3.63, 3.8) is 0 Å². The van der Waals surface area contributed by atoms with Crippen LogP contribution in [0.25, 0.3) is 0 Å². The van der Waals surface area contributed by atoms with Gasteiger partial charge in [0.1, 0.15) is 0 Å². The van der Waals surface area contributed by atoms with Gasteiger partial charge in [0.2, 0.25) is 10.0 Å². The number of sulfonamides is 1. The Morgan fingerprint density at radius 3 is 2.76 bits per heavy atom. The molecule has 2 aliphatic rings. The molecule has 1 N–H and O–H groups in total. The summed E-state index contributed by atoms with van der Waals surface area (Å²) in [5.74, 6) is 0.530. The van der Waals surface area contributed by atoms with Crippen molar-refractivity contribution in [1.82, 2.24) is 4.31 Å². The van der Waals surface area contributed by atoms with E-state index in [-0.39, 0.29) is 0 Å². The molecular formula is C16H24N2O2S. The molecule has 1 saturated carbocycles. The number of rotatable bonds is 4. The predicted octanol–water partition coefficient (Wildman–Crippen LogP) is 2.86. The molecule has 0 saturated heterocycles. The molecule has 0 unspecified atom stereocenters. The monoisotopic (exact) mass is 308 g/mol. The van der Waals surface area contributed by atoms with Gasteiger partial charge < -0.3 is 5.32 Å². The third-order valence-corrected chi connectivity index (χ3v) is 6.64. The molecule has 1 aromatic carbocycles. The second kappa shape index (κ2) is 5.97. The van der Waals surface area contributed by atoms with Gasteiger partial charge in [-0.05, 0) is 49.3 Å². The molecule has 0 amide bonds. The highest BCUT2D eigenvalue weighted by molar-refractivity contribution is 7.89. The number of nitrogens with zero attached hydrogens (tertiary/aromatic N) is 1. The number of anilines is 1. The molecule has 1 aliphatic carbocycles. The summed E-state index contributed by atoms with van der Waals surface area (Å²) in [6.45, 7) is 1.58. The average Bonchev–Trinajstić information content (AvgIpc) is 2.99. The fourth-order valence-electron chi connectivity index (χ4n) is 3.54. The largest absolute Gasteiger partial charge is 0.385 e. The Balaban J connectivity index is 1.87. The van der Waals surface area contributed by atoms with Crippen LogP contribution in [0.1, 0.15) is 37.7 Å². The fraction of sp³-hybridized carbons (Fsp3) is 0.625. The van der Waals surface area contributed by atoms with Crippen LogP contribution in [0.4, 0.5) is 5.69 Å². The van der Waals surface area contributed by atoms with Crippen molar-refractivity contribution >= 4 is 15.7 Å². The van der Waals surface area contributed by atoms with Gasteiger partial charge in [0.25, 0.3) is 0 Å². The Labute approximate surface area is 127 Å². The zero-order valence-corrected chi connectivity index (χ0v) is 13.5. The Hall–Kier alpha value is -1.07. The van der Waals surface area contributed by atoms with Crippen LogP contribution < -0.4 is 5.32 Å². The lowest BCUT2D eigenvalue weighted by Gasteiger charge is -2.25. The van der Waals surface area contributed by atoms with E-state index in [1.807, 2.05) is 12.1 Å². The predicted molar refractivity (Wildman–Crippen MR) is 85.0 cm³/mol. The highest BCUT2D eigenvalue weighted by Gasteiger charge is 2.28. The molecule has 4 nitrogen and oxygen atoms in total. The van der Waals surface area contributed by atoms with Crippen molar-refractivity contribution in [2.75, 3.05) is 25.5 Å². The second-order valence-corrected chi connectivity index (χ2v) is 8.26. The molecule has 1 aromatic rings. The Kier molecular flexibility index (Phi) is 4.22. The second-order valence-electron chi connectivity index (χ2n) is 6.25. The van der Waals surface area contributed by atoms with E-state index in [2.05, 4.69) is 5.32 Å². The van der Waals surface area contributed by atoms with Gasteiger partial charge in [0.05, 0.1) is 4.90 Å². The van der Waals surface area contributed by atoms with Crippen LogP contribution in [0, 0.1) is 5.92 Å². The van der Waals surface area contributed by atoms with Crippen LogP contribution in [0.5, 0.6) is 0 Å². The average molecular weight is 308 g/mol. The van der Waals surface area contributed by atoms with Crippen LogP contribution in [-0.4, -0.2) is 32.9 Å². The molecule has 0 bridgehead atoms. The molecule has 1 fully saturated rings. The molecular weight excluding hydrogens is 284 g/mol. The summed E-state index contributed by atoms with van der Waals surface area (Å²) < 4.78 is 27.3. The summed E-state index contributed by atoms with van der Waals surface area (Å²) in [7, 11) is -1.65. The minimum Gasteiger partial charge on any atom is -0.385 e. The van der Waals surface area contributed by atoms with E-state index in [0.29, 0.717) is 17.4 Å². The molecule has 116 valence electrons. The first-order valence-corrected chi connectivity index (χ1v) is 9.35. The maximum Gasteiger partial charge on any atom is 0.243 e. The van der Waals surface area contributed by atoms with Gasteiger partial charge in [0.15, 0.2) is 0 Å². The molecule has 1 heterocycles. The third-order valence-electron chi connectivity index (χ3n) is 4.73. The number of nitrogens with one attached hydrogen (secondary N) is 1. The highest BCUT2D eigenvalue weighted by Crippen LogP contribution is 2.31. The van der Waals surface area contributed by atoms with Gasteiger partial charge in [-0.15, -0.1) is 0 Å². The summed E-state index contributed by atoms with van der Waals surface area (Å²) in [6, 6.07) is 5.57. The van der Waals surface area contributed by atoms with Crippen LogP contribution in [-0.2, 0) is 16.4 Å². The van der Waals surface area contributed by atoms with E-state index in [9.17, 15) is 8.42 Å².